The van der Waals surface area contributed by atoms with Gasteiger partial charge in [0, 0.05) is 10.0 Å². The number of halogens is 1. The number of hydrogen-bond donors (Lipinski definition) is 2. The molecule has 2 N–H and O–H groups in total. The lowest BCUT2D eigenvalue weighted by Crippen LogP contribution is -2.16. The second kappa shape index (κ2) is 6.10. The standard InChI is InChI=1S/C16H14BrNO3/c1-9-6-7-11(17)8-12(9)15(19)18-13-5-3-4-10(2)14(13)16(20)21/h3-8H,1-2H3,(H,18,19)(H,20,21). The van der Waals surface area contributed by atoms with E-state index < -0.39 is 5.97 Å². The summed E-state index contributed by atoms with van der Waals surface area (Å²) in [5, 5.41) is 11.9. The Morgan fingerprint density at radius 1 is 1.10 bits per heavy atom. The number of hydrogen-bond acceptors (Lipinski definition) is 2. The molecule has 0 unspecified atom stereocenters. The van der Waals surface area contributed by atoms with Gasteiger partial charge in [0.25, 0.3) is 5.91 Å². The predicted octanol–water partition coefficient (Wildman–Crippen LogP) is 4.02. The van der Waals surface area contributed by atoms with E-state index in [0.717, 1.165) is 10.0 Å². The van der Waals surface area contributed by atoms with E-state index >= 15 is 0 Å². The molecule has 108 valence electrons. The molecule has 4 nitrogen and oxygen atoms in total. The smallest absolute Gasteiger partial charge is 0.338 e. The number of carbonyl (C=O) groups excluding carboxylic acids is 1. The highest BCUT2D eigenvalue weighted by Crippen LogP contribution is 2.22. The molecule has 1 amide bonds. The quantitative estimate of drug-likeness (QED) is 0.881. The van der Waals surface area contributed by atoms with Crippen molar-refractivity contribution in [1.82, 2.24) is 0 Å². The van der Waals surface area contributed by atoms with Crippen LogP contribution in [0, 0.1) is 13.8 Å². The van der Waals surface area contributed by atoms with Crippen LogP contribution in [0.1, 0.15) is 31.8 Å². The van der Waals surface area contributed by atoms with Crippen molar-refractivity contribution in [2.75, 3.05) is 5.32 Å². The Morgan fingerprint density at radius 3 is 2.48 bits per heavy atom. The van der Waals surface area contributed by atoms with Crippen molar-refractivity contribution in [2.24, 2.45) is 0 Å². The van der Waals surface area contributed by atoms with Crippen LogP contribution in [0.4, 0.5) is 5.69 Å². The number of aryl methyl sites for hydroxylation is 2. The zero-order valence-electron chi connectivity index (χ0n) is 11.6. The topological polar surface area (TPSA) is 66.4 Å². The van der Waals surface area contributed by atoms with Crippen molar-refractivity contribution in [3.8, 4) is 0 Å². The summed E-state index contributed by atoms with van der Waals surface area (Å²) >= 11 is 3.33. The normalized spacial score (nSPS) is 10.2. The van der Waals surface area contributed by atoms with Gasteiger partial charge in [-0.2, -0.15) is 0 Å². The molecule has 2 aromatic rings. The lowest BCUT2D eigenvalue weighted by Gasteiger charge is -2.12. The number of benzene rings is 2. The number of carbonyl (C=O) groups is 2. The van der Waals surface area contributed by atoms with Gasteiger partial charge in [-0.3, -0.25) is 4.79 Å². The van der Waals surface area contributed by atoms with Gasteiger partial charge in [-0.25, -0.2) is 4.79 Å². The summed E-state index contributed by atoms with van der Waals surface area (Å²) in [5.74, 6) is -1.39. The first-order chi connectivity index (χ1) is 9.90. The first-order valence-electron chi connectivity index (χ1n) is 6.30. The van der Waals surface area contributed by atoms with Gasteiger partial charge in [0.1, 0.15) is 0 Å². The Hall–Kier alpha value is -2.14. The minimum Gasteiger partial charge on any atom is -0.478 e. The van der Waals surface area contributed by atoms with E-state index in [2.05, 4.69) is 21.2 Å². The number of nitrogens with one attached hydrogen (secondary N) is 1. The van der Waals surface area contributed by atoms with Gasteiger partial charge in [-0.05, 0) is 43.2 Å². The van der Waals surface area contributed by atoms with Gasteiger partial charge >= 0.3 is 5.97 Å². The first-order valence-corrected chi connectivity index (χ1v) is 7.10. The lowest BCUT2D eigenvalue weighted by atomic mass is 10.1. The molecule has 21 heavy (non-hydrogen) atoms. The maximum absolute atomic E-state index is 12.3. The van der Waals surface area contributed by atoms with E-state index in [1.807, 2.05) is 19.1 Å². The zero-order chi connectivity index (χ0) is 15.6. The first kappa shape index (κ1) is 15.3. The monoisotopic (exact) mass is 347 g/mol. The van der Waals surface area contributed by atoms with Gasteiger partial charge in [0.2, 0.25) is 0 Å². The van der Waals surface area contributed by atoms with Crippen LogP contribution in [0.15, 0.2) is 40.9 Å². The van der Waals surface area contributed by atoms with Gasteiger partial charge in [0.05, 0.1) is 11.3 Å². The maximum Gasteiger partial charge on any atom is 0.338 e. The van der Waals surface area contributed by atoms with Crippen LogP contribution in [0.3, 0.4) is 0 Å². The fourth-order valence-electron chi connectivity index (χ4n) is 2.08. The Bertz CT molecular complexity index is 725. The summed E-state index contributed by atoms with van der Waals surface area (Å²) in [6, 6.07) is 10.4. The van der Waals surface area contributed by atoms with Crippen LogP contribution in [0.25, 0.3) is 0 Å². The fraction of sp³-hybridized carbons (Fsp3) is 0.125. The van der Waals surface area contributed by atoms with Crippen LogP contribution in [-0.4, -0.2) is 17.0 Å². The van der Waals surface area contributed by atoms with E-state index in [4.69, 9.17) is 0 Å². The number of amides is 1. The van der Waals surface area contributed by atoms with Crippen molar-refractivity contribution in [3.63, 3.8) is 0 Å². The van der Waals surface area contributed by atoms with Crippen LogP contribution < -0.4 is 5.32 Å². The number of carboxylic acid groups (broad SMARTS) is 1. The Labute approximate surface area is 130 Å². The lowest BCUT2D eigenvalue weighted by molar-refractivity contribution is 0.0697. The zero-order valence-corrected chi connectivity index (χ0v) is 13.2. The number of carboxylic acids is 1. The largest absolute Gasteiger partial charge is 0.478 e. The Morgan fingerprint density at radius 2 is 1.81 bits per heavy atom. The third kappa shape index (κ3) is 3.31. The Kier molecular flexibility index (Phi) is 4.43. The van der Waals surface area contributed by atoms with Crippen molar-refractivity contribution in [3.05, 3.63) is 63.1 Å². The summed E-state index contributed by atoms with van der Waals surface area (Å²) in [6.45, 7) is 3.53. The summed E-state index contributed by atoms with van der Waals surface area (Å²) < 4.78 is 0.793. The molecule has 0 aliphatic rings. The molecular weight excluding hydrogens is 334 g/mol. The second-order valence-electron chi connectivity index (χ2n) is 4.72. The Balaban J connectivity index is 2.39. The van der Waals surface area contributed by atoms with Gasteiger partial charge in [0.15, 0.2) is 0 Å². The average Bonchev–Trinajstić information content (AvgIpc) is 2.41. The molecule has 0 fully saturated rings. The highest BCUT2D eigenvalue weighted by molar-refractivity contribution is 9.10. The minimum atomic E-state index is -1.06. The third-order valence-corrected chi connectivity index (χ3v) is 3.67. The molecule has 0 radical (unpaired) electrons. The van der Waals surface area contributed by atoms with E-state index in [1.54, 1.807) is 31.2 Å². The highest BCUT2D eigenvalue weighted by atomic mass is 79.9. The summed E-state index contributed by atoms with van der Waals surface area (Å²) in [6.07, 6.45) is 0. The molecule has 0 aliphatic carbocycles. The van der Waals surface area contributed by atoms with E-state index in [1.165, 1.54) is 0 Å². The SMILES string of the molecule is Cc1ccc(Br)cc1C(=O)Nc1cccc(C)c1C(=O)O. The molecule has 2 aromatic carbocycles. The van der Waals surface area contributed by atoms with Crippen LogP contribution >= 0.6 is 15.9 Å². The molecule has 2 rings (SSSR count). The van der Waals surface area contributed by atoms with Gasteiger partial charge in [-0.15, -0.1) is 0 Å². The predicted molar refractivity (Wildman–Crippen MR) is 85.0 cm³/mol. The summed E-state index contributed by atoms with van der Waals surface area (Å²) in [5.41, 5.74) is 2.33. The van der Waals surface area contributed by atoms with E-state index in [9.17, 15) is 14.7 Å². The molecule has 0 heterocycles. The highest BCUT2D eigenvalue weighted by Gasteiger charge is 2.16. The molecule has 5 heteroatoms. The van der Waals surface area contributed by atoms with E-state index in [0.29, 0.717) is 16.8 Å². The molecule has 0 aromatic heterocycles. The molecule has 0 aliphatic heterocycles. The average molecular weight is 348 g/mol. The number of anilines is 1. The molecule has 0 bridgehead atoms. The van der Waals surface area contributed by atoms with Crippen LogP contribution in [0.2, 0.25) is 0 Å². The number of rotatable bonds is 3. The van der Waals surface area contributed by atoms with E-state index in [-0.39, 0.29) is 11.5 Å². The second-order valence-corrected chi connectivity index (χ2v) is 5.63. The van der Waals surface area contributed by atoms with Crippen LogP contribution in [-0.2, 0) is 0 Å². The van der Waals surface area contributed by atoms with Crippen molar-refractivity contribution in [2.45, 2.75) is 13.8 Å². The van der Waals surface area contributed by atoms with Gasteiger partial charge < -0.3 is 10.4 Å². The third-order valence-electron chi connectivity index (χ3n) is 3.18. The number of aromatic carboxylic acids is 1. The maximum atomic E-state index is 12.3. The molecule has 0 atom stereocenters. The fourth-order valence-corrected chi connectivity index (χ4v) is 2.45. The molecule has 0 saturated heterocycles. The van der Waals surface area contributed by atoms with Crippen molar-refractivity contribution in [1.29, 1.82) is 0 Å². The molecule has 0 saturated carbocycles. The molecular formula is C16H14BrNO3. The van der Waals surface area contributed by atoms with Gasteiger partial charge in [-0.1, -0.05) is 34.1 Å². The molecule has 0 spiro atoms. The van der Waals surface area contributed by atoms with Crippen molar-refractivity contribution < 1.29 is 14.7 Å². The minimum absolute atomic E-state index is 0.110. The summed E-state index contributed by atoms with van der Waals surface area (Å²) in [7, 11) is 0. The summed E-state index contributed by atoms with van der Waals surface area (Å²) in [4.78, 5) is 23.7. The van der Waals surface area contributed by atoms with Crippen molar-refractivity contribution >= 4 is 33.5 Å². The van der Waals surface area contributed by atoms with Crippen LogP contribution in [0.5, 0.6) is 0 Å².